The number of H-pyrrole nitrogens is 1. The lowest BCUT2D eigenvalue weighted by Gasteiger charge is -2.11. The van der Waals surface area contributed by atoms with Crippen LogP contribution in [0.1, 0.15) is 22.5 Å². The van der Waals surface area contributed by atoms with E-state index in [1.807, 2.05) is 0 Å². The van der Waals surface area contributed by atoms with Crippen molar-refractivity contribution in [3.63, 3.8) is 0 Å². The highest BCUT2D eigenvalue weighted by Gasteiger charge is 2.28. The summed E-state index contributed by atoms with van der Waals surface area (Å²) in [6, 6.07) is 1.31. The summed E-state index contributed by atoms with van der Waals surface area (Å²) in [5.74, 6) is -0.897. The van der Waals surface area contributed by atoms with Crippen LogP contribution in [0.15, 0.2) is 12.3 Å². The number of likely N-dealkylation sites (tertiary alicyclic amines) is 1. The Hall–Kier alpha value is -1.82. The lowest BCUT2D eigenvalue weighted by molar-refractivity contribution is -0.128. The predicted molar refractivity (Wildman–Crippen MR) is 60.6 cm³/mol. The molecule has 1 amide bonds. The molecule has 1 aliphatic rings. The smallest absolute Gasteiger partial charge is 0.337 e. The van der Waals surface area contributed by atoms with Gasteiger partial charge in [-0.15, -0.1) is 0 Å². The van der Waals surface area contributed by atoms with E-state index in [1.165, 1.54) is 6.07 Å². The number of carbonyl (C=O) groups is 2. The molecule has 0 radical (unpaired) electrons. The molecule has 1 unspecified atom stereocenters. The van der Waals surface area contributed by atoms with Gasteiger partial charge in [-0.25, -0.2) is 4.79 Å². The molecular weight excluding hydrogens is 222 g/mol. The molecule has 1 saturated heterocycles. The summed E-state index contributed by atoms with van der Waals surface area (Å²) in [5, 5.41) is 12.0. The fourth-order valence-corrected chi connectivity index (χ4v) is 1.99. The molecule has 6 nitrogen and oxygen atoms in total. The Morgan fingerprint density at radius 3 is 3.06 bits per heavy atom. The number of carboxylic acids is 1. The average molecular weight is 237 g/mol. The van der Waals surface area contributed by atoms with Crippen molar-refractivity contribution in [3.8, 4) is 0 Å². The molecule has 0 aromatic carbocycles. The standard InChI is InChI=1S/C11H15N3O3/c1-14-5-3-8(10(14)15)13-6-9-7(11(16)17)2-4-12-9/h2,4,8,12-13H,3,5-6H2,1H3,(H,16,17). The number of carboxylic acid groups (broad SMARTS) is 1. The zero-order chi connectivity index (χ0) is 12.4. The molecule has 1 aromatic rings. The minimum Gasteiger partial charge on any atom is -0.478 e. The zero-order valence-corrected chi connectivity index (χ0v) is 9.56. The molecule has 92 valence electrons. The lowest BCUT2D eigenvalue weighted by Crippen LogP contribution is -2.36. The Morgan fingerprint density at radius 1 is 1.71 bits per heavy atom. The van der Waals surface area contributed by atoms with Crippen molar-refractivity contribution in [2.24, 2.45) is 0 Å². The highest BCUT2D eigenvalue weighted by atomic mass is 16.4. The maximum absolute atomic E-state index is 11.6. The van der Waals surface area contributed by atoms with Crippen molar-refractivity contribution in [1.29, 1.82) is 0 Å². The van der Waals surface area contributed by atoms with Crippen LogP contribution in [0, 0.1) is 0 Å². The number of amides is 1. The van der Waals surface area contributed by atoms with Gasteiger partial charge in [-0.1, -0.05) is 0 Å². The summed E-state index contributed by atoms with van der Waals surface area (Å²) >= 11 is 0. The van der Waals surface area contributed by atoms with Crippen LogP contribution >= 0.6 is 0 Å². The summed E-state index contributed by atoms with van der Waals surface area (Å²) in [7, 11) is 1.77. The Morgan fingerprint density at radius 2 is 2.47 bits per heavy atom. The summed E-state index contributed by atoms with van der Waals surface area (Å²) in [4.78, 5) is 27.0. The SMILES string of the molecule is CN1CCC(NCc2[nH]ccc2C(=O)O)C1=O. The number of aromatic carboxylic acids is 1. The molecule has 0 bridgehead atoms. The van der Waals surface area contributed by atoms with Gasteiger partial charge in [0.1, 0.15) is 0 Å². The third-order valence-electron chi connectivity index (χ3n) is 3.02. The first-order chi connectivity index (χ1) is 8.09. The number of rotatable bonds is 4. The van der Waals surface area contributed by atoms with Crippen molar-refractivity contribution in [3.05, 3.63) is 23.5 Å². The maximum Gasteiger partial charge on any atom is 0.337 e. The second-order valence-electron chi connectivity index (χ2n) is 4.16. The fourth-order valence-electron chi connectivity index (χ4n) is 1.99. The Bertz CT molecular complexity index is 441. The van der Waals surface area contributed by atoms with Gasteiger partial charge in [0.15, 0.2) is 0 Å². The van der Waals surface area contributed by atoms with Gasteiger partial charge >= 0.3 is 5.97 Å². The van der Waals surface area contributed by atoms with Crippen LogP contribution in [0.3, 0.4) is 0 Å². The minimum absolute atomic E-state index is 0.0634. The highest BCUT2D eigenvalue weighted by molar-refractivity contribution is 5.89. The van der Waals surface area contributed by atoms with Gasteiger partial charge in [0.2, 0.25) is 5.91 Å². The average Bonchev–Trinajstić information content (AvgIpc) is 2.86. The number of hydrogen-bond acceptors (Lipinski definition) is 3. The van der Waals surface area contributed by atoms with E-state index in [9.17, 15) is 9.59 Å². The monoisotopic (exact) mass is 237 g/mol. The summed E-state index contributed by atoms with van der Waals surface area (Å²) < 4.78 is 0. The topological polar surface area (TPSA) is 85.4 Å². The fraction of sp³-hybridized carbons (Fsp3) is 0.455. The number of nitrogens with zero attached hydrogens (tertiary/aromatic N) is 1. The second kappa shape index (κ2) is 4.58. The quantitative estimate of drug-likeness (QED) is 0.690. The molecule has 0 aliphatic carbocycles. The van der Waals surface area contributed by atoms with Gasteiger partial charge in [-0.2, -0.15) is 0 Å². The maximum atomic E-state index is 11.6. The lowest BCUT2D eigenvalue weighted by atomic mass is 10.2. The molecule has 6 heteroatoms. The zero-order valence-electron chi connectivity index (χ0n) is 9.56. The number of carbonyl (C=O) groups excluding carboxylic acids is 1. The summed E-state index contributed by atoms with van der Waals surface area (Å²) in [6.45, 7) is 1.10. The van der Waals surface area contributed by atoms with Crippen LogP contribution < -0.4 is 5.32 Å². The van der Waals surface area contributed by atoms with Crippen LogP contribution in [0.4, 0.5) is 0 Å². The van der Waals surface area contributed by atoms with Crippen LogP contribution in [-0.4, -0.2) is 46.5 Å². The number of aromatic nitrogens is 1. The molecule has 1 aliphatic heterocycles. The predicted octanol–water partition coefficient (Wildman–Crippen LogP) is 0.0332. The molecular formula is C11H15N3O3. The van der Waals surface area contributed by atoms with Crippen molar-refractivity contribution in [2.45, 2.75) is 19.0 Å². The van der Waals surface area contributed by atoms with E-state index in [0.29, 0.717) is 12.2 Å². The van der Waals surface area contributed by atoms with E-state index >= 15 is 0 Å². The molecule has 1 fully saturated rings. The second-order valence-corrected chi connectivity index (χ2v) is 4.16. The summed E-state index contributed by atoms with van der Waals surface area (Å²) in [5.41, 5.74) is 0.844. The Kier molecular flexibility index (Phi) is 3.14. The molecule has 1 aromatic heterocycles. The molecule has 0 spiro atoms. The van der Waals surface area contributed by atoms with Gasteiger partial charge in [-0.05, 0) is 12.5 Å². The van der Waals surface area contributed by atoms with Crippen LogP contribution in [0.2, 0.25) is 0 Å². The number of aromatic amines is 1. The number of likely N-dealkylation sites (N-methyl/N-ethyl adjacent to an activating group) is 1. The van der Waals surface area contributed by atoms with Crippen molar-refractivity contribution in [2.75, 3.05) is 13.6 Å². The van der Waals surface area contributed by atoms with E-state index in [1.54, 1.807) is 18.1 Å². The van der Waals surface area contributed by atoms with Crippen molar-refractivity contribution >= 4 is 11.9 Å². The van der Waals surface area contributed by atoms with Crippen molar-refractivity contribution < 1.29 is 14.7 Å². The largest absolute Gasteiger partial charge is 0.478 e. The van der Waals surface area contributed by atoms with Gasteiger partial charge in [0, 0.05) is 32.0 Å². The van der Waals surface area contributed by atoms with Gasteiger partial charge in [0.25, 0.3) is 0 Å². The van der Waals surface area contributed by atoms with Gasteiger partial charge in [-0.3, -0.25) is 4.79 Å². The molecule has 17 heavy (non-hydrogen) atoms. The molecule has 3 N–H and O–H groups in total. The van der Waals surface area contributed by atoms with Crippen LogP contribution in [0.5, 0.6) is 0 Å². The van der Waals surface area contributed by atoms with E-state index in [0.717, 1.165) is 13.0 Å². The molecule has 2 rings (SSSR count). The van der Waals surface area contributed by atoms with Gasteiger partial charge < -0.3 is 20.3 Å². The number of nitrogens with one attached hydrogen (secondary N) is 2. The number of hydrogen-bond donors (Lipinski definition) is 3. The third kappa shape index (κ3) is 2.31. The highest BCUT2D eigenvalue weighted by Crippen LogP contribution is 2.11. The van der Waals surface area contributed by atoms with E-state index in [2.05, 4.69) is 10.3 Å². The van der Waals surface area contributed by atoms with Crippen LogP contribution in [-0.2, 0) is 11.3 Å². The first-order valence-corrected chi connectivity index (χ1v) is 5.47. The van der Waals surface area contributed by atoms with E-state index in [4.69, 9.17) is 5.11 Å². The van der Waals surface area contributed by atoms with Gasteiger partial charge in [0.05, 0.1) is 11.6 Å². The van der Waals surface area contributed by atoms with Crippen LogP contribution in [0.25, 0.3) is 0 Å². The Balaban J connectivity index is 1.96. The third-order valence-corrected chi connectivity index (χ3v) is 3.02. The first-order valence-electron chi connectivity index (χ1n) is 5.47. The first kappa shape index (κ1) is 11.7. The molecule has 2 heterocycles. The minimum atomic E-state index is -0.960. The molecule has 0 saturated carbocycles. The summed E-state index contributed by atoms with van der Waals surface area (Å²) in [6.07, 6.45) is 2.35. The van der Waals surface area contributed by atoms with E-state index < -0.39 is 5.97 Å². The van der Waals surface area contributed by atoms with Crippen molar-refractivity contribution in [1.82, 2.24) is 15.2 Å². The van der Waals surface area contributed by atoms with E-state index in [-0.39, 0.29) is 17.5 Å². The molecule has 1 atom stereocenters. The Labute approximate surface area is 98.6 Å². The normalized spacial score (nSPS) is 19.9.